The third-order valence-electron chi connectivity index (χ3n) is 2.95. The Morgan fingerprint density at radius 2 is 2.05 bits per heavy atom. The zero-order valence-electron chi connectivity index (χ0n) is 11.3. The van der Waals surface area contributed by atoms with Crippen molar-refractivity contribution in [1.29, 1.82) is 0 Å². The van der Waals surface area contributed by atoms with E-state index in [1.165, 1.54) is 0 Å². The lowest BCUT2D eigenvalue weighted by atomic mass is 10.2. The van der Waals surface area contributed by atoms with Gasteiger partial charge >= 0.3 is 0 Å². The quantitative estimate of drug-likeness (QED) is 0.718. The van der Waals surface area contributed by atoms with Crippen LogP contribution in [0.5, 0.6) is 0 Å². The highest BCUT2D eigenvalue weighted by atomic mass is 35.5. The van der Waals surface area contributed by atoms with Crippen LogP contribution in [0, 0.1) is 0 Å². The molecule has 0 radical (unpaired) electrons. The Morgan fingerprint density at radius 3 is 2.71 bits per heavy atom. The number of aromatic amines is 1. The standard InChI is InChI=1S/C15H13ClN4S/c1-17-15-20(19-9-13-3-2-8-18-13)14(10-21-15)11-4-6-12(16)7-5-11/h2-10,18H,1H3. The molecule has 2 heterocycles. The molecule has 0 amide bonds. The minimum Gasteiger partial charge on any atom is -0.360 e. The molecule has 21 heavy (non-hydrogen) atoms. The van der Waals surface area contributed by atoms with Gasteiger partial charge in [0, 0.05) is 29.2 Å². The summed E-state index contributed by atoms with van der Waals surface area (Å²) in [4.78, 5) is 8.20. The van der Waals surface area contributed by atoms with Crippen molar-refractivity contribution in [1.82, 2.24) is 9.66 Å². The Hall–Kier alpha value is -2.11. The summed E-state index contributed by atoms with van der Waals surface area (Å²) in [7, 11) is 1.76. The van der Waals surface area contributed by atoms with Crippen LogP contribution >= 0.6 is 22.9 Å². The van der Waals surface area contributed by atoms with Crippen LogP contribution in [-0.4, -0.2) is 22.9 Å². The molecule has 0 atom stereocenters. The number of nitrogens with zero attached hydrogens (tertiary/aromatic N) is 3. The highest BCUT2D eigenvalue weighted by molar-refractivity contribution is 7.07. The molecule has 6 heteroatoms. The smallest absolute Gasteiger partial charge is 0.205 e. The monoisotopic (exact) mass is 316 g/mol. The molecule has 0 aliphatic heterocycles. The van der Waals surface area contributed by atoms with Gasteiger partial charge in [-0.05, 0) is 24.3 Å². The lowest BCUT2D eigenvalue weighted by Crippen LogP contribution is -2.11. The number of nitrogens with one attached hydrogen (secondary N) is 1. The summed E-state index contributed by atoms with van der Waals surface area (Å²) >= 11 is 7.50. The van der Waals surface area contributed by atoms with Gasteiger partial charge in [0.05, 0.1) is 17.6 Å². The van der Waals surface area contributed by atoms with Crippen LogP contribution in [0.4, 0.5) is 0 Å². The van der Waals surface area contributed by atoms with Crippen LogP contribution in [0.3, 0.4) is 0 Å². The van der Waals surface area contributed by atoms with E-state index in [-0.39, 0.29) is 0 Å². The van der Waals surface area contributed by atoms with Crippen molar-refractivity contribution < 1.29 is 0 Å². The molecule has 1 N–H and O–H groups in total. The third-order valence-corrected chi connectivity index (χ3v) is 4.11. The van der Waals surface area contributed by atoms with Crippen LogP contribution in [-0.2, 0) is 0 Å². The zero-order chi connectivity index (χ0) is 14.7. The Labute approximate surface area is 131 Å². The first-order valence-corrected chi connectivity index (χ1v) is 7.61. The average Bonchev–Trinajstić information content (AvgIpc) is 3.15. The minimum absolute atomic E-state index is 0.718. The van der Waals surface area contributed by atoms with E-state index in [9.17, 15) is 0 Å². The predicted molar refractivity (Wildman–Crippen MR) is 88.0 cm³/mol. The molecule has 1 aromatic carbocycles. The maximum atomic E-state index is 5.94. The number of aromatic nitrogens is 2. The Balaban J connectivity index is 2.06. The molecule has 3 rings (SSSR count). The zero-order valence-corrected chi connectivity index (χ0v) is 12.9. The van der Waals surface area contributed by atoms with E-state index in [1.807, 2.05) is 52.7 Å². The number of rotatable bonds is 3. The van der Waals surface area contributed by atoms with E-state index in [2.05, 4.69) is 15.1 Å². The fraction of sp³-hybridized carbons (Fsp3) is 0.0667. The van der Waals surface area contributed by atoms with Crippen molar-refractivity contribution >= 4 is 29.2 Å². The summed E-state index contributed by atoms with van der Waals surface area (Å²) in [6.45, 7) is 0. The molecule has 0 unspecified atom stereocenters. The van der Waals surface area contributed by atoms with Gasteiger partial charge in [0.1, 0.15) is 0 Å². The van der Waals surface area contributed by atoms with Crippen molar-refractivity contribution in [2.75, 3.05) is 7.05 Å². The van der Waals surface area contributed by atoms with Gasteiger partial charge in [-0.3, -0.25) is 4.99 Å². The molecule has 0 aliphatic rings. The molecule has 0 saturated heterocycles. The van der Waals surface area contributed by atoms with E-state index < -0.39 is 0 Å². The van der Waals surface area contributed by atoms with Gasteiger partial charge < -0.3 is 4.98 Å². The fourth-order valence-corrected chi connectivity index (χ4v) is 2.86. The van der Waals surface area contributed by atoms with E-state index in [1.54, 1.807) is 24.6 Å². The molecule has 0 spiro atoms. The summed E-state index contributed by atoms with van der Waals surface area (Å²) in [5.74, 6) is 0. The van der Waals surface area contributed by atoms with Gasteiger partial charge in [0.25, 0.3) is 0 Å². The number of H-pyrrole nitrogens is 1. The van der Waals surface area contributed by atoms with Crippen LogP contribution < -0.4 is 4.80 Å². The Morgan fingerprint density at radius 1 is 1.24 bits per heavy atom. The summed E-state index contributed by atoms with van der Waals surface area (Å²) in [5, 5.41) is 7.28. The molecule has 3 aromatic rings. The van der Waals surface area contributed by atoms with Crippen LogP contribution in [0.1, 0.15) is 5.69 Å². The van der Waals surface area contributed by atoms with Gasteiger partial charge in [0.2, 0.25) is 4.80 Å². The number of hydrogen-bond acceptors (Lipinski definition) is 3. The number of benzene rings is 1. The first-order chi connectivity index (χ1) is 10.3. The summed E-state index contributed by atoms with van der Waals surface area (Å²) in [5.41, 5.74) is 2.98. The van der Waals surface area contributed by atoms with Gasteiger partial charge in [-0.15, -0.1) is 11.3 Å². The summed E-state index contributed by atoms with van der Waals surface area (Å²) < 4.78 is 1.83. The molecule has 2 aromatic heterocycles. The maximum Gasteiger partial charge on any atom is 0.205 e. The van der Waals surface area contributed by atoms with Gasteiger partial charge in [-0.1, -0.05) is 23.7 Å². The van der Waals surface area contributed by atoms with Crippen molar-refractivity contribution in [3.63, 3.8) is 0 Å². The van der Waals surface area contributed by atoms with E-state index in [4.69, 9.17) is 11.6 Å². The third kappa shape index (κ3) is 2.99. The van der Waals surface area contributed by atoms with Crippen LogP contribution in [0.2, 0.25) is 5.02 Å². The molecule has 0 aliphatic carbocycles. The molecule has 0 bridgehead atoms. The van der Waals surface area contributed by atoms with E-state index >= 15 is 0 Å². The van der Waals surface area contributed by atoms with Gasteiger partial charge in [-0.2, -0.15) is 5.10 Å². The minimum atomic E-state index is 0.718. The van der Waals surface area contributed by atoms with Crippen LogP contribution in [0.15, 0.2) is 58.1 Å². The molecule has 4 nitrogen and oxygen atoms in total. The summed E-state index contributed by atoms with van der Waals surface area (Å²) in [6.07, 6.45) is 3.64. The van der Waals surface area contributed by atoms with E-state index in [0.29, 0.717) is 0 Å². The highest BCUT2D eigenvalue weighted by Crippen LogP contribution is 2.22. The van der Waals surface area contributed by atoms with Gasteiger partial charge in [0.15, 0.2) is 0 Å². The van der Waals surface area contributed by atoms with Gasteiger partial charge in [-0.25, -0.2) is 4.68 Å². The second-order valence-electron chi connectivity index (χ2n) is 4.32. The average molecular weight is 317 g/mol. The molecule has 106 valence electrons. The first kappa shape index (κ1) is 13.9. The topological polar surface area (TPSA) is 45.4 Å². The lowest BCUT2D eigenvalue weighted by molar-refractivity contribution is 0.848. The molecular weight excluding hydrogens is 304 g/mol. The van der Waals surface area contributed by atoms with Crippen LogP contribution in [0.25, 0.3) is 11.3 Å². The fourth-order valence-electron chi connectivity index (χ4n) is 1.93. The van der Waals surface area contributed by atoms with Crippen molar-refractivity contribution in [2.24, 2.45) is 10.1 Å². The van der Waals surface area contributed by atoms with Crippen molar-refractivity contribution in [3.8, 4) is 11.3 Å². The second kappa shape index (κ2) is 6.11. The highest BCUT2D eigenvalue weighted by Gasteiger charge is 2.06. The molecule has 0 fully saturated rings. The van der Waals surface area contributed by atoms with Crippen molar-refractivity contribution in [2.45, 2.75) is 0 Å². The maximum absolute atomic E-state index is 5.94. The Bertz CT molecular complexity index is 810. The summed E-state index contributed by atoms with van der Waals surface area (Å²) in [6, 6.07) is 11.6. The first-order valence-electron chi connectivity index (χ1n) is 6.35. The molecule has 0 saturated carbocycles. The predicted octanol–water partition coefficient (Wildman–Crippen LogP) is 3.61. The normalized spacial score (nSPS) is 12.4. The lowest BCUT2D eigenvalue weighted by Gasteiger charge is -2.03. The van der Waals surface area contributed by atoms with E-state index in [0.717, 1.165) is 26.8 Å². The number of halogens is 1. The van der Waals surface area contributed by atoms with Crippen molar-refractivity contribution in [3.05, 3.63) is 63.5 Å². The SMILES string of the molecule is CN=c1scc(-c2ccc(Cl)cc2)n1N=Cc1ccc[nH]1. The number of hydrogen-bond donors (Lipinski definition) is 1. The largest absolute Gasteiger partial charge is 0.360 e. The Kier molecular flexibility index (Phi) is 4.03. The number of thiazole rings is 1. The molecular formula is C15H13ClN4S. The second-order valence-corrected chi connectivity index (χ2v) is 5.59.